The van der Waals surface area contributed by atoms with Crippen LogP contribution in [0.4, 0.5) is 0 Å². The number of nitrogens with zero attached hydrogens (tertiary/aromatic N) is 3. The summed E-state index contributed by atoms with van der Waals surface area (Å²) in [4.78, 5) is 10.4. The number of imidazole rings is 3. The smallest absolute Gasteiger partial charge is 0.296 e. The third-order valence-corrected chi connectivity index (χ3v) is 5.60. The molecule has 0 amide bonds. The molecule has 0 aliphatic carbocycles. The topological polar surface area (TPSA) is 155 Å². The second-order valence-corrected chi connectivity index (χ2v) is 8.24. The highest BCUT2D eigenvalue weighted by molar-refractivity contribution is 7.86. The van der Waals surface area contributed by atoms with Gasteiger partial charge in [-0.25, -0.2) is 9.97 Å². The molecule has 0 spiro atoms. The molecule has 0 unspecified atom stereocenters. The summed E-state index contributed by atoms with van der Waals surface area (Å²) in [5.41, 5.74) is 3.26. The normalized spacial score (nSPS) is 12.8. The number of fused-ring (bicyclic) bond motifs is 4. The van der Waals surface area contributed by atoms with E-state index in [0.717, 1.165) is 5.52 Å². The second-order valence-electron chi connectivity index (χ2n) is 5.43. The lowest BCUT2D eigenvalue weighted by Gasteiger charge is -2.09. The van der Waals surface area contributed by atoms with E-state index in [9.17, 15) is 16.8 Å². The van der Waals surface area contributed by atoms with Crippen LogP contribution in [-0.2, 0) is 20.2 Å². The van der Waals surface area contributed by atoms with E-state index < -0.39 is 20.2 Å². The van der Waals surface area contributed by atoms with E-state index in [1.54, 1.807) is 10.5 Å². The molecule has 5 aromatic heterocycles. The molecule has 0 radical (unpaired) electrons. The van der Waals surface area contributed by atoms with Crippen molar-refractivity contribution in [2.24, 2.45) is 0 Å². The molecule has 7 aromatic rings. The number of pyridine rings is 1. The van der Waals surface area contributed by atoms with Crippen LogP contribution < -0.4 is 0 Å². The van der Waals surface area contributed by atoms with Crippen molar-refractivity contribution < 1.29 is 25.9 Å². The molecule has 12 heteroatoms. The molecule has 0 aliphatic heterocycles. The van der Waals surface area contributed by atoms with Gasteiger partial charge in [0.05, 0.1) is 33.3 Å². The maximum absolute atomic E-state index is 10.9. The number of aromatic amines is 1. The summed E-state index contributed by atoms with van der Waals surface area (Å²) in [7, 11) is -8.25. The predicted molar refractivity (Wildman–Crippen MR) is 90.8 cm³/mol. The highest BCUT2D eigenvalue weighted by Gasteiger charge is 2.24. The van der Waals surface area contributed by atoms with Gasteiger partial charge in [-0.15, -0.1) is 0 Å². The van der Waals surface area contributed by atoms with Crippen molar-refractivity contribution in [1.29, 1.82) is 0 Å². The molecule has 7 rings (SSSR count). The fraction of sp³-hybridized carbons (Fsp3) is 0. The first-order valence-electron chi connectivity index (χ1n) is 7.05. The molecular weight excluding hydrogens is 384 g/mol. The van der Waals surface area contributed by atoms with E-state index in [1.165, 1.54) is 36.9 Å². The van der Waals surface area contributed by atoms with Crippen LogP contribution in [-0.4, -0.2) is 45.3 Å². The van der Waals surface area contributed by atoms with Gasteiger partial charge in [-0.3, -0.25) is 13.5 Å². The third kappa shape index (κ3) is 2.55. The lowest BCUT2D eigenvalue weighted by molar-refractivity contribution is 0.481. The Morgan fingerprint density at radius 1 is 0.962 bits per heavy atom. The number of benzene rings is 2. The SMILES string of the molecule is O=S(=O)(O)c1ccc2c3ncn2c13.O=S(=O)(O)c1ccc2nc[nH]c2c1. The molecule has 0 atom stereocenters. The number of hydrogen-bond donors (Lipinski definition) is 3. The Balaban J connectivity index is 0.000000129. The molecule has 4 bridgehead atoms. The van der Waals surface area contributed by atoms with Crippen molar-refractivity contribution in [2.75, 3.05) is 0 Å². The fourth-order valence-corrected chi connectivity index (χ4v) is 3.88. The highest BCUT2D eigenvalue weighted by Crippen LogP contribution is 2.32. The summed E-state index contributed by atoms with van der Waals surface area (Å²) >= 11 is 0. The predicted octanol–water partition coefficient (Wildman–Crippen LogP) is 1.42. The molecule has 134 valence electrons. The maximum Gasteiger partial charge on any atom is 0.296 e. The van der Waals surface area contributed by atoms with Crippen LogP contribution in [0.25, 0.3) is 27.6 Å². The second kappa shape index (κ2) is 5.35. The van der Waals surface area contributed by atoms with Gasteiger partial charge in [0, 0.05) is 0 Å². The summed E-state index contributed by atoms with van der Waals surface area (Å²) in [6, 6.07) is 7.16. The van der Waals surface area contributed by atoms with E-state index in [2.05, 4.69) is 15.0 Å². The first kappa shape index (κ1) is 16.7. The van der Waals surface area contributed by atoms with Gasteiger partial charge >= 0.3 is 0 Å². The van der Waals surface area contributed by atoms with Crippen LogP contribution in [0.1, 0.15) is 0 Å². The Kier molecular flexibility index (Phi) is 3.43. The molecule has 10 nitrogen and oxygen atoms in total. The number of nitrogens with one attached hydrogen (secondary N) is 1. The zero-order valence-corrected chi connectivity index (χ0v) is 14.4. The van der Waals surface area contributed by atoms with Crippen molar-refractivity contribution in [3.8, 4) is 0 Å². The monoisotopic (exact) mass is 394 g/mol. The van der Waals surface area contributed by atoms with Gasteiger partial charge in [-0.05, 0) is 30.3 Å². The van der Waals surface area contributed by atoms with Gasteiger partial charge in [0.2, 0.25) is 0 Å². The minimum Gasteiger partial charge on any atom is -0.345 e. The Labute approximate surface area is 146 Å². The first-order valence-corrected chi connectivity index (χ1v) is 9.93. The van der Waals surface area contributed by atoms with Gasteiger partial charge in [-0.1, -0.05) is 0 Å². The van der Waals surface area contributed by atoms with Crippen molar-refractivity contribution in [3.63, 3.8) is 0 Å². The molecule has 5 heterocycles. The van der Waals surface area contributed by atoms with Crippen molar-refractivity contribution >= 4 is 47.8 Å². The molecule has 0 saturated carbocycles. The number of hydrogen-bond acceptors (Lipinski definition) is 6. The van der Waals surface area contributed by atoms with Crippen molar-refractivity contribution in [3.05, 3.63) is 43.0 Å². The average Bonchev–Trinajstić information content (AvgIpc) is 3.30. The zero-order valence-electron chi connectivity index (χ0n) is 12.7. The summed E-state index contributed by atoms with van der Waals surface area (Å²) < 4.78 is 62.4. The molecule has 0 aliphatic rings. The number of H-pyrrole nitrogens is 1. The standard InChI is InChI=1S/C7H4N2O3S.C7H6N2O3S/c10-13(11,12)5-2-1-4-6-7(5)9(4)3-8-6;10-13(11,12)5-1-2-6-7(3-5)9-4-8-6/h1-3H,(H,10,11,12);1-4H,(H,8,9)(H,10,11,12). The van der Waals surface area contributed by atoms with Crippen molar-refractivity contribution in [2.45, 2.75) is 9.79 Å². The van der Waals surface area contributed by atoms with Crippen LogP contribution in [0.5, 0.6) is 0 Å². The summed E-state index contributed by atoms with van der Waals surface area (Å²) in [5.74, 6) is 0. The largest absolute Gasteiger partial charge is 0.345 e. The minimum atomic E-state index is -4.13. The lowest BCUT2D eigenvalue weighted by Crippen LogP contribution is -2.04. The van der Waals surface area contributed by atoms with E-state index in [-0.39, 0.29) is 9.79 Å². The Morgan fingerprint density at radius 2 is 1.73 bits per heavy atom. The Morgan fingerprint density at radius 3 is 2.35 bits per heavy atom. The third-order valence-electron chi connectivity index (χ3n) is 3.86. The van der Waals surface area contributed by atoms with E-state index in [0.29, 0.717) is 22.1 Å². The van der Waals surface area contributed by atoms with Crippen molar-refractivity contribution in [1.82, 2.24) is 19.4 Å². The molecule has 3 N–H and O–H groups in total. The first-order chi connectivity index (χ1) is 12.2. The van der Waals surface area contributed by atoms with E-state index in [4.69, 9.17) is 9.11 Å². The Bertz CT molecular complexity index is 1380. The summed E-state index contributed by atoms with van der Waals surface area (Å²) in [6.07, 6.45) is 2.99. The molecule has 26 heavy (non-hydrogen) atoms. The van der Waals surface area contributed by atoms with Crippen LogP contribution in [0.2, 0.25) is 0 Å². The molecule has 2 aromatic carbocycles. The van der Waals surface area contributed by atoms with E-state index >= 15 is 0 Å². The van der Waals surface area contributed by atoms with Crippen LogP contribution in [0.15, 0.2) is 52.8 Å². The summed E-state index contributed by atoms with van der Waals surface area (Å²) in [6.45, 7) is 0. The number of aromatic nitrogens is 4. The average molecular weight is 394 g/mol. The molecular formula is C14H10N4O6S2. The van der Waals surface area contributed by atoms with Crippen LogP contribution >= 0.6 is 0 Å². The van der Waals surface area contributed by atoms with Crippen LogP contribution in [0.3, 0.4) is 0 Å². The zero-order chi connectivity index (χ0) is 18.7. The fourth-order valence-electron chi connectivity index (χ4n) is 2.69. The Hall–Kier alpha value is -2.80. The number of rotatable bonds is 2. The summed E-state index contributed by atoms with van der Waals surface area (Å²) in [5, 5.41) is 0. The maximum atomic E-state index is 10.9. The highest BCUT2D eigenvalue weighted by atomic mass is 32.2. The van der Waals surface area contributed by atoms with Gasteiger partial charge in [0.15, 0.2) is 0 Å². The minimum absolute atomic E-state index is 0.0741. The van der Waals surface area contributed by atoms with Gasteiger partial charge in [0.25, 0.3) is 20.2 Å². The van der Waals surface area contributed by atoms with Gasteiger partial charge in [0.1, 0.15) is 16.7 Å². The lowest BCUT2D eigenvalue weighted by atomic mass is 10.2. The quantitative estimate of drug-likeness (QED) is 0.380. The van der Waals surface area contributed by atoms with Gasteiger partial charge < -0.3 is 4.98 Å². The van der Waals surface area contributed by atoms with Gasteiger partial charge in [-0.2, -0.15) is 16.8 Å². The van der Waals surface area contributed by atoms with Crippen LogP contribution in [0, 0.1) is 0 Å². The van der Waals surface area contributed by atoms with E-state index in [1.807, 2.05) is 0 Å². The molecule has 0 saturated heterocycles. The molecule has 0 fully saturated rings.